The monoisotopic (exact) mass is 266 g/mol. The Kier molecular flexibility index (Phi) is 3.81. The average molecular weight is 266 g/mol. The van der Waals surface area contributed by atoms with Crippen molar-refractivity contribution in [2.24, 2.45) is 0 Å². The molecule has 1 spiro atoms. The fraction of sp³-hybridized carbons (Fsp3) is 0.933. The lowest BCUT2D eigenvalue weighted by Gasteiger charge is -2.31. The van der Waals surface area contributed by atoms with E-state index in [1.165, 1.54) is 38.5 Å². The summed E-state index contributed by atoms with van der Waals surface area (Å²) in [6.07, 6.45) is 9.72. The summed E-state index contributed by atoms with van der Waals surface area (Å²) in [5.74, 6) is 0.278. The van der Waals surface area contributed by atoms with Gasteiger partial charge in [-0.3, -0.25) is 4.79 Å². The van der Waals surface area contributed by atoms with Crippen LogP contribution in [0, 0.1) is 0 Å². The van der Waals surface area contributed by atoms with Gasteiger partial charge >= 0.3 is 0 Å². The maximum atomic E-state index is 11.4. The normalized spacial score (nSPS) is 34.4. The molecule has 3 aliphatic rings. The van der Waals surface area contributed by atoms with Crippen LogP contribution in [0.15, 0.2) is 0 Å². The lowest BCUT2D eigenvalue weighted by atomic mass is 9.98. The Morgan fingerprint density at radius 1 is 1.32 bits per heavy atom. The van der Waals surface area contributed by atoms with Gasteiger partial charge in [0.15, 0.2) is 0 Å². The summed E-state index contributed by atoms with van der Waals surface area (Å²) in [5, 5.41) is 3.60. The Bertz CT molecular complexity index is 339. The Hall–Kier alpha value is -0.610. The van der Waals surface area contributed by atoms with Gasteiger partial charge in [0.05, 0.1) is 11.7 Å². The van der Waals surface area contributed by atoms with Crippen LogP contribution in [-0.4, -0.2) is 48.7 Å². The third kappa shape index (κ3) is 2.95. The highest BCUT2D eigenvalue weighted by Crippen LogP contribution is 2.43. The van der Waals surface area contributed by atoms with Gasteiger partial charge in [-0.25, -0.2) is 0 Å². The summed E-state index contributed by atoms with van der Waals surface area (Å²) < 4.78 is 6.31. The molecular weight excluding hydrogens is 240 g/mol. The number of hydrogen-bond acceptors (Lipinski definition) is 3. The van der Waals surface area contributed by atoms with Gasteiger partial charge in [-0.15, -0.1) is 0 Å². The largest absolute Gasteiger partial charge is 0.370 e. The number of carbonyl (C=O) groups excluding carboxylic acids is 1. The summed E-state index contributed by atoms with van der Waals surface area (Å²) >= 11 is 0. The second kappa shape index (κ2) is 5.41. The molecular formula is C15H26N2O2. The standard InChI is InChI=1S/C15H26N2O2/c1-17-11-12(4-5-14(17)18)16-10-13-6-9-15(19-13)7-2-3-8-15/h12-13,16H,2-11H2,1H3. The molecule has 1 N–H and O–H groups in total. The lowest BCUT2D eigenvalue weighted by molar-refractivity contribution is -0.132. The van der Waals surface area contributed by atoms with Crippen LogP contribution in [0.5, 0.6) is 0 Å². The first-order valence-corrected chi connectivity index (χ1v) is 7.82. The summed E-state index contributed by atoms with van der Waals surface area (Å²) in [6, 6.07) is 0.450. The molecule has 0 radical (unpaired) electrons. The third-order valence-corrected chi connectivity index (χ3v) is 5.11. The summed E-state index contributed by atoms with van der Waals surface area (Å²) in [7, 11) is 1.90. The van der Waals surface area contributed by atoms with E-state index in [-0.39, 0.29) is 11.5 Å². The van der Waals surface area contributed by atoms with E-state index >= 15 is 0 Å². The first-order chi connectivity index (χ1) is 9.17. The van der Waals surface area contributed by atoms with Crippen molar-refractivity contribution < 1.29 is 9.53 Å². The Labute approximate surface area is 115 Å². The highest BCUT2D eigenvalue weighted by atomic mass is 16.5. The predicted octanol–water partition coefficient (Wildman–Crippen LogP) is 1.69. The van der Waals surface area contributed by atoms with Gasteiger partial charge in [0.25, 0.3) is 0 Å². The van der Waals surface area contributed by atoms with Crippen LogP contribution >= 0.6 is 0 Å². The molecule has 1 saturated carbocycles. The molecule has 0 aromatic heterocycles. The van der Waals surface area contributed by atoms with E-state index in [4.69, 9.17) is 4.74 Å². The number of nitrogens with zero attached hydrogens (tertiary/aromatic N) is 1. The molecule has 19 heavy (non-hydrogen) atoms. The van der Waals surface area contributed by atoms with Crippen LogP contribution in [0.3, 0.4) is 0 Å². The van der Waals surface area contributed by atoms with E-state index < -0.39 is 0 Å². The molecule has 4 nitrogen and oxygen atoms in total. The highest BCUT2D eigenvalue weighted by Gasteiger charge is 2.42. The maximum Gasteiger partial charge on any atom is 0.222 e. The quantitative estimate of drug-likeness (QED) is 0.845. The van der Waals surface area contributed by atoms with Gasteiger partial charge in [0.1, 0.15) is 0 Å². The van der Waals surface area contributed by atoms with E-state index in [0.717, 1.165) is 19.5 Å². The fourth-order valence-electron chi connectivity index (χ4n) is 3.90. The molecule has 0 bridgehead atoms. The van der Waals surface area contributed by atoms with E-state index in [0.29, 0.717) is 18.6 Å². The average Bonchev–Trinajstić information content (AvgIpc) is 3.02. The zero-order chi connectivity index (χ0) is 13.3. The number of ether oxygens (including phenoxy) is 1. The third-order valence-electron chi connectivity index (χ3n) is 5.11. The van der Waals surface area contributed by atoms with Crippen molar-refractivity contribution in [2.45, 2.75) is 69.1 Å². The minimum Gasteiger partial charge on any atom is -0.370 e. The molecule has 4 heteroatoms. The zero-order valence-corrected chi connectivity index (χ0v) is 12.0. The molecule has 0 aromatic carbocycles. The Morgan fingerprint density at radius 3 is 2.84 bits per heavy atom. The van der Waals surface area contributed by atoms with Gasteiger partial charge in [-0.1, -0.05) is 12.8 Å². The van der Waals surface area contributed by atoms with Gasteiger partial charge in [0.2, 0.25) is 5.91 Å². The molecule has 0 aromatic rings. The van der Waals surface area contributed by atoms with Gasteiger partial charge in [-0.05, 0) is 32.1 Å². The zero-order valence-electron chi connectivity index (χ0n) is 12.0. The number of hydrogen-bond donors (Lipinski definition) is 1. The Morgan fingerprint density at radius 2 is 2.11 bits per heavy atom. The molecule has 2 atom stereocenters. The van der Waals surface area contributed by atoms with E-state index in [1.807, 2.05) is 11.9 Å². The van der Waals surface area contributed by atoms with Crippen LogP contribution < -0.4 is 5.32 Å². The summed E-state index contributed by atoms with van der Waals surface area (Å²) in [4.78, 5) is 13.3. The van der Waals surface area contributed by atoms with Crippen molar-refractivity contribution in [1.29, 1.82) is 0 Å². The van der Waals surface area contributed by atoms with Crippen LogP contribution in [-0.2, 0) is 9.53 Å². The Balaban J connectivity index is 1.42. The van der Waals surface area contributed by atoms with Crippen LogP contribution in [0.2, 0.25) is 0 Å². The minimum atomic E-state index is 0.242. The molecule has 2 saturated heterocycles. The molecule has 3 rings (SSSR count). The second-order valence-corrected chi connectivity index (χ2v) is 6.59. The molecule has 2 aliphatic heterocycles. The van der Waals surface area contributed by atoms with Crippen LogP contribution in [0.4, 0.5) is 0 Å². The smallest absolute Gasteiger partial charge is 0.222 e. The number of piperidine rings is 1. The number of likely N-dealkylation sites (tertiary alicyclic amines) is 1. The highest BCUT2D eigenvalue weighted by molar-refractivity contribution is 5.76. The van der Waals surface area contributed by atoms with Crippen LogP contribution in [0.1, 0.15) is 51.4 Å². The first-order valence-electron chi connectivity index (χ1n) is 7.82. The van der Waals surface area contributed by atoms with Gasteiger partial charge in [-0.2, -0.15) is 0 Å². The van der Waals surface area contributed by atoms with Crippen molar-refractivity contribution in [1.82, 2.24) is 10.2 Å². The summed E-state index contributed by atoms with van der Waals surface area (Å²) in [5.41, 5.74) is 0.242. The van der Waals surface area contributed by atoms with Gasteiger partial charge < -0.3 is 15.0 Å². The van der Waals surface area contributed by atoms with E-state index in [9.17, 15) is 4.79 Å². The first kappa shape index (κ1) is 13.4. The predicted molar refractivity (Wildman–Crippen MR) is 74.0 cm³/mol. The number of rotatable bonds is 3. The SMILES string of the molecule is CN1CC(NCC2CCC3(CCCC3)O2)CCC1=O. The molecule has 2 heterocycles. The molecule has 3 fully saturated rings. The van der Waals surface area contributed by atoms with Crippen molar-refractivity contribution >= 4 is 5.91 Å². The van der Waals surface area contributed by atoms with E-state index in [1.54, 1.807) is 0 Å². The second-order valence-electron chi connectivity index (χ2n) is 6.59. The van der Waals surface area contributed by atoms with Crippen molar-refractivity contribution in [3.05, 3.63) is 0 Å². The molecule has 1 aliphatic carbocycles. The van der Waals surface area contributed by atoms with Crippen molar-refractivity contribution in [2.75, 3.05) is 20.1 Å². The number of nitrogens with one attached hydrogen (secondary N) is 1. The molecule has 1 amide bonds. The number of likely N-dealkylation sites (N-methyl/N-ethyl adjacent to an activating group) is 1. The minimum absolute atomic E-state index is 0.242. The van der Waals surface area contributed by atoms with Gasteiger partial charge in [0, 0.05) is 32.6 Å². The number of amides is 1. The molecule has 2 unspecified atom stereocenters. The van der Waals surface area contributed by atoms with E-state index in [2.05, 4.69) is 5.32 Å². The van der Waals surface area contributed by atoms with Crippen molar-refractivity contribution in [3.8, 4) is 0 Å². The van der Waals surface area contributed by atoms with Crippen LogP contribution in [0.25, 0.3) is 0 Å². The lowest BCUT2D eigenvalue weighted by Crippen LogP contribution is -2.48. The summed E-state index contributed by atoms with van der Waals surface area (Å²) in [6.45, 7) is 1.80. The molecule has 108 valence electrons. The fourth-order valence-corrected chi connectivity index (χ4v) is 3.90. The number of carbonyl (C=O) groups is 1. The van der Waals surface area contributed by atoms with Crippen molar-refractivity contribution in [3.63, 3.8) is 0 Å². The topological polar surface area (TPSA) is 41.6 Å². The maximum absolute atomic E-state index is 11.4.